The Hall–Kier alpha value is -2.56. The highest BCUT2D eigenvalue weighted by atomic mass is 16.4. The third-order valence-electron chi connectivity index (χ3n) is 3.87. The van der Waals surface area contributed by atoms with Crippen molar-refractivity contribution in [3.05, 3.63) is 46.4 Å². The molecule has 0 amide bonds. The van der Waals surface area contributed by atoms with E-state index in [4.69, 9.17) is 0 Å². The summed E-state index contributed by atoms with van der Waals surface area (Å²) in [5.74, 6) is -1.02. The van der Waals surface area contributed by atoms with Crippen molar-refractivity contribution in [2.24, 2.45) is 7.05 Å². The Bertz CT molecular complexity index is 932. The van der Waals surface area contributed by atoms with Crippen molar-refractivity contribution in [2.75, 3.05) is 0 Å². The second-order valence-corrected chi connectivity index (χ2v) is 5.45. The predicted octanol–water partition coefficient (Wildman–Crippen LogP) is 2.77. The van der Waals surface area contributed by atoms with Gasteiger partial charge in [0.05, 0.1) is 5.56 Å². The Morgan fingerprint density at radius 2 is 1.90 bits per heavy atom. The third-order valence-corrected chi connectivity index (χ3v) is 3.87. The van der Waals surface area contributed by atoms with Crippen LogP contribution in [0.25, 0.3) is 21.8 Å². The Balaban J connectivity index is 2.67. The Morgan fingerprint density at radius 3 is 2.52 bits per heavy atom. The highest BCUT2D eigenvalue weighted by Gasteiger charge is 2.21. The zero-order chi connectivity index (χ0) is 15.3. The van der Waals surface area contributed by atoms with Crippen LogP contribution < -0.4 is 5.56 Å². The van der Waals surface area contributed by atoms with Crippen LogP contribution in [0.15, 0.2) is 35.3 Å². The molecule has 2 aromatic heterocycles. The van der Waals surface area contributed by atoms with Crippen LogP contribution in [0.4, 0.5) is 0 Å². The first kappa shape index (κ1) is 13.4. The maximum atomic E-state index is 12.7. The Labute approximate surface area is 121 Å². The van der Waals surface area contributed by atoms with E-state index in [1.54, 1.807) is 11.6 Å². The van der Waals surface area contributed by atoms with E-state index in [-0.39, 0.29) is 17.2 Å². The lowest BCUT2D eigenvalue weighted by Crippen LogP contribution is -2.24. The van der Waals surface area contributed by atoms with E-state index in [9.17, 15) is 14.7 Å². The van der Waals surface area contributed by atoms with E-state index in [2.05, 4.69) is 0 Å². The van der Waals surface area contributed by atoms with Gasteiger partial charge in [0.15, 0.2) is 0 Å². The molecular weight excluding hydrogens is 268 g/mol. The largest absolute Gasteiger partial charge is 0.478 e. The number of aryl methyl sites for hydroxylation is 1. The average Bonchev–Trinajstić information content (AvgIpc) is 2.73. The number of carboxylic acid groups (broad SMARTS) is 1. The molecule has 21 heavy (non-hydrogen) atoms. The van der Waals surface area contributed by atoms with Gasteiger partial charge in [-0.3, -0.25) is 4.79 Å². The van der Waals surface area contributed by atoms with Crippen molar-refractivity contribution < 1.29 is 9.90 Å². The number of pyridine rings is 1. The molecule has 0 bridgehead atoms. The lowest BCUT2D eigenvalue weighted by atomic mass is 10.1. The summed E-state index contributed by atoms with van der Waals surface area (Å²) < 4.78 is 3.25. The van der Waals surface area contributed by atoms with Gasteiger partial charge < -0.3 is 14.2 Å². The number of carboxylic acids is 1. The fraction of sp³-hybridized carbons (Fsp3) is 0.250. The van der Waals surface area contributed by atoms with Crippen molar-refractivity contribution in [3.63, 3.8) is 0 Å². The average molecular weight is 284 g/mol. The number of para-hydroxylation sites is 1. The molecule has 3 rings (SSSR count). The van der Waals surface area contributed by atoms with E-state index in [1.165, 1.54) is 10.8 Å². The van der Waals surface area contributed by atoms with Crippen LogP contribution in [0, 0.1) is 0 Å². The highest BCUT2D eigenvalue weighted by Crippen LogP contribution is 2.29. The minimum atomic E-state index is -1.02. The number of aromatic nitrogens is 2. The number of rotatable bonds is 2. The van der Waals surface area contributed by atoms with Gasteiger partial charge in [-0.25, -0.2) is 4.79 Å². The first-order chi connectivity index (χ1) is 9.93. The molecule has 0 saturated heterocycles. The summed E-state index contributed by atoms with van der Waals surface area (Å²) in [6.45, 7) is 3.73. The minimum absolute atomic E-state index is 0.0991. The molecular formula is C16H16N2O3. The van der Waals surface area contributed by atoms with E-state index in [0.717, 1.165) is 10.9 Å². The van der Waals surface area contributed by atoms with Gasteiger partial charge in [0.1, 0.15) is 5.52 Å². The molecule has 0 saturated carbocycles. The quantitative estimate of drug-likeness (QED) is 0.787. The second-order valence-electron chi connectivity index (χ2n) is 5.45. The molecule has 5 heteroatoms. The molecule has 2 heterocycles. The van der Waals surface area contributed by atoms with Crippen LogP contribution in [0.1, 0.15) is 30.2 Å². The van der Waals surface area contributed by atoms with Crippen molar-refractivity contribution in [1.29, 1.82) is 0 Å². The van der Waals surface area contributed by atoms with Gasteiger partial charge >= 0.3 is 5.97 Å². The molecule has 1 aromatic carbocycles. The fourth-order valence-corrected chi connectivity index (χ4v) is 2.85. The summed E-state index contributed by atoms with van der Waals surface area (Å²) in [7, 11) is 1.79. The van der Waals surface area contributed by atoms with E-state index in [1.807, 2.05) is 38.1 Å². The Kier molecular flexibility index (Phi) is 2.86. The van der Waals surface area contributed by atoms with Gasteiger partial charge in [0.25, 0.3) is 5.56 Å². The first-order valence-corrected chi connectivity index (χ1v) is 6.79. The summed E-state index contributed by atoms with van der Waals surface area (Å²) in [6.07, 6.45) is 1.45. The zero-order valence-corrected chi connectivity index (χ0v) is 12.1. The fourth-order valence-electron chi connectivity index (χ4n) is 2.85. The number of benzene rings is 1. The molecule has 0 aliphatic heterocycles. The molecule has 108 valence electrons. The summed E-state index contributed by atoms with van der Waals surface area (Å²) in [5.41, 5.74) is 1.29. The van der Waals surface area contributed by atoms with Crippen LogP contribution in [0.2, 0.25) is 0 Å². The summed E-state index contributed by atoms with van der Waals surface area (Å²) in [6, 6.07) is 7.37. The lowest BCUT2D eigenvalue weighted by molar-refractivity contribution is 0.0698. The number of aromatic carboxylic acids is 1. The SMILES string of the molecule is CC(C)n1cc(C(=O)O)c2c3ccccc3n(C)c2c1=O. The molecule has 3 aromatic rings. The van der Waals surface area contributed by atoms with Gasteiger partial charge in [-0.1, -0.05) is 18.2 Å². The zero-order valence-electron chi connectivity index (χ0n) is 12.1. The van der Waals surface area contributed by atoms with Crippen LogP contribution in [-0.4, -0.2) is 20.2 Å². The maximum Gasteiger partial charge on any atom is 0.337 e. The molecule has 0 fully saturated rings. The van der Waals surface area contributed by atoms with Gasteiger partial charge in [-0.05, 0) is 19.9 Å². The number of nitrogens with zero attached hydrogens (tertiary/aromatic N) is 2. The molecule has 0 aliphatic carbocycles. The topological polar surface area (TPSA) is 64.2 Å². The van der Waals surface area contributed by atoms with E-state index in [0.29, 0.717) is 10.9 Å². The monoisotopic (exact) mass is 284 g/mol. The third kappa shape index (κ3) is 1.77. The number of hydrogen-bond acceptors (Lipinski definition) is 2. The standard InChI is InChI=1S/C16H16N2O3/c1-9(2)18-8-11(16(20)21)13-10-6-4-5-7-12(10)17(3)14(13)15(18)19/h4-9H,1-3H3,(H,20,21). The molecule has 5 nitrogen and oxygen atoms in total. The number of hydrogen-bond donors (Lipinski definition) is 1. The summed E-state index contributed by atoms with van der Waals surface area (Å²) in [5, 5.41) is 10.8. The van der Waals surface area contributed by atoms with Gasteiger partial charge in [0.2, 0.25) is 0 Å². The molecule has 0 radical (unpaired) electrons. The van der Waals surface area contributed by atoms with Gasteiger partial charge in [-0.2, -0.15) is 0 Å². The molecule has 0 spiro atoms. The Morgan fingerprint density at radius 1 is 1.24 bits per heavy atom. The van der Waals surface area contributed by atoms with Crippen LogP contribution in [0.3, 0.4) is 0 Å². The highest BCUT2D eigenvalue weighted by molar-refractivity contribution is 6.16. The van der Waals surface area contributed by atoms with Crippen molar-refractivity contribution in [1.82, 2.24) is 9.13 Å². The van der Waals surface area contributed by atoms with Gasteiger partial charge in [-0.15, -0.1) is 0 Å². The summed E-state index contributed by atoms with van der Waals surface area (Å²) in [4.78, 5) is 24.3. The normalized spacial score (nSPS) is 11.6. The van der Waals surface area contributed by atoms with Gasteiger partial charge in [0, 0.05) is 35.6 Å². The van der Waals surface area contributed by atoms with Crippen LogP contribution in [0.5, 0.6) is 0 Å². The molecule has 1 N–H and O–H groups in total. The predicted molar refractivity (Wildman–Crippen MR) is 82.0 cm³/mol. The maximum absolute atomic E-state index is 12.7. The second kappa shape index (κ2) is 4.48. The minimum Gasteiger partial charge on any atom is -0.478 e. The van der Waals surface area contributed by atoms with E-state index < -0.39 is 5.97 Å². The van der Waals surface area contributed by atoms with Crippen molar-refractivity contribution >= 4 is 27.8 Å². The van der Waals surface area contributed by atoms with Crippen LogP contribution >= 0.6 is 0 Å². The van der Waals surface area contributed by atoms with Crippen molar-refractivity contribution in [2.45, 2.75) is 19.9 Å². The number of carbonyl (C=O) groups is 1. The van der Waals surface area contributed by atoms with E-state index >= 15 is 0 Å². The van der Waals surface area contributed by atoms with Crippen LogP contribution in [-0.2, 0) is 7.05 Å². The molecule has 0 unspecified atom stereocenters. The molecule has 0 aliphatic rings. The smallest absolute Gasteiger partial charge is 0.337 e. The lowest BCUT2D eigenvalue weighted by Gasteiger charge is -2.12. The first-order valence-electron chi connectivity index (χ1n) is 6.79. The summed E-state index contributed by atoms with van der Waals surface area (Å²) >= 11 is 0. The van der Waals surface area contributed by atoms with Crippen molar-refractivity contribution in [3.8, 4) is 0 Å². The number of fused-ring (bicyclic) bond motifs is 3. The molecule has 0 atom stereocenters.